The minimum atomic E-state index is -4.37. The van der Waals surface area contributed by atoms with Crippen molar-refractivity contribution >= 4 is 35.2 Å². The Morgan fingerprint density at radius 1 is 1.12 bits per heavy atom. The Hall–Kier alpha value is -1.72. The van der Waals surface area contributed by atoms with Crippen LogP contribution < -0.4 is 0 Å². The summed E-state index contributed by atoms with van der Waals surface area (Å²) in [7, 11) is 0. The van der Waals surface area contributed by atoms with Crippen molar-refractivity contribution in [3.8, 4) is 0 Å². The van der Waals surface area contributed by atoms with Gasteiger partial charge in [-0.25, -0.2) is 0 Å². The van der Waals surface area contributed by atoms with Gasteiger partial charge >= 0.3 is 6.18 Å². The van der Waals surface area contributed by atoms with Gasteiger partial charge in [0, 0.05) is 26.3 Å². The number of benzene rings is 2. The Balaban J connectivity index is 1.96. The Labute approximate surface area is 146 Å². The molecular formula is C18H12ClF3OS. The first-order valence-electron chi connectivity index (χ1n) is 7.15. The first-order valence-corrected chi connectivity index (χ1v) is 8.41. The van der Waals surface area contributed by atoms with E-state index in [0.717, 1.165) is 17.0 Å². The fraction of sp³-hybridized carbons (Fsp3) is 0.167. The first-order chi connectivity index (χ1) is 11.3. The van der Waals surface area contributed by atoms with Gasteiger partial charge in [-0.2, -0.15) is 13.2 Å². The molecule has 1 aliphatic rings. The molecule has 0 N–H and O–H groups in total. The molecule has 0 amide bonds. The Kier molecular flexibility index (Phi) is 4.49. The van der Waals surface area contributed by atoms with E-state index >= 15 is 0 Å². The number of thioether (sulfide) groups is 1. The second kappa shape index (κ2) is 6.30. The molecule has 0 radical (unpaired) electrons. The van der Waals surface area contributed by atoms with Crippen molar-refractivity contribution in [1.82, 2.24) is 0 Å². The molecule has 1 atom stereocenters. The fourth-order valence-corrected chi connectivity index (χ4v) is 3.79. The van der Waals surface area contributed by atoms with Gasteiger partial charge in [0.05, 0.1) is 5.56 Å². The van der Waals surface area contributed by atoms with Gasteiger partial charge in [-0.3, -0.25) is 4.79 Å². The Bertz CT molecular complexity index is 825. The molecule has 0 saturated carbocycles. The normalized spacial score (nSPS) is 19.5. The van der Waals surface area contributed by atoms with Gasteiger partial charge in [-0.15, -0.1) is 11.8 Å². The highest BCUT2D eigenvalue weighted by molar-refractivity contribution is 8.00. The van der Waals surface area contributed by atoms with Crippen LogP contribution in [-0.2, 0) is 6.18 Å². The number of fused-ring (bicyclic) bond motifs is 1. The monoisotopic (exact) mass is 368 g/mol. The van der Waals surface area contributed by atoms with Crippen molar-refractivity contribution in [2.24, 2.45) is 0 Å². The van der Waals surface area contributed by atoms with Crippen LogP contribution in [0.4, 0.5) is 13.2 Å². The molecule has 1 heterocycles. The van der Waals surface area contributed by atoms with Crippen molar-refractivity contribution < 1.29 is 18.0 Å². The summed E-state index contributed by atoms with van der Waals surface area (Å²) in [6.07, 6.45) is -2.73. The number of carbonyl (C=O) groups excluding carboxylic acids is 1. The third-order valence-corrected chi connectivity index (χ3v) is 5.20. The maximum Gasteiger partial charge on any atom is 0.416 e. The van der Waals surface area contributed by atoms with E-state index in [2.05, 4.69) is 0 Å². The minimum absolute atomic E-state index is 0.0894. The summed E-state index contributed by atoms with van der Waals surface area (Å²) in [6, 6.07) is 9.94. The van der Waals surface area contributed by atoms with E-state index in [0.29, 0.717) is 21.7 Å². The quantitative estimate of drug-likeness (QED) is 0.564. The molecule has 0 bridgehead atoms. The third-order valence-electron chi connectivity index (χ3n) is 3.75. The van der Waals surface area contributed by atoms with E-state index in [1.165, 1.54) is 23.9 Å². The van der Waals surface area contributed by atoms with Crippen LogP contribution in [0.2, 0.25) is 5.02 Å². The van der Waals surface area contributed by atoms with Crippen molar-refractivity contribution in [2.75, 3.05) is 0 Å². The second-order valence-corrected chi connectivity index (χ2v) is 7.27. The second-order valence-electron chi connectivity index (χ2n) is 5.45. The standard InChI is InChI=1S/C18H12ClF3OS/c1-10-14(8-11-2-4-12(5-3-11)18(20,21)22)17(23)15-9-13(19)6-7-16(15)24-10/h2-10H,1H3/t10-/m0/s1. The lowest BCUT2D eigenvalue weighted by Crippen LogP contribution is -2.19. The molecular weight excluding hydrogens is 357 g/mol. The van der Waals surface area contributed by atoms with Crippen molar-refractivity contribution in [3.05, 3.63) is 69.8 Å². The molecule has 0 unspecified atom stereocenters. The Morgan fingerprint density at radius 2 is 1.79 bits per heavy atom. The summed E-state index contributed by atoms with van der Waals surface area (Å²) in [5, 5.41) is 0.389. The molecule has 2 aromatic carbocycles. The van der Waals surface area contributed by atoms with Crippen LogP contribution >= 0.6 is 23.4 Å². The molecule has 1 aliphatic heterocycles. The van der Waals surface area contributed by atoms with Gasteiger partial charge in [0.25, 0.3) is 0 Å². The number of hydrogen-bond donors (Lipinski definition) is 0. The van der Waals surface area contributed by atoms with E-state index in [-0.39, 0.29) is 11.0 Å². The average molecular weight is 369 g/mol. The topological polar surface area (TPSA) is 17.1 Å². The van der Waals surface area contributed by atoms with Gasteiger partial charge in [-0.1, -0.05) is 23.7 Å². The molecule has 1 nitrogen and oxygen atoms in total. The van der Waals surface area contributed by atoms with Gasteiger partial charge in [-0.05, 0) is 48.9 Å². The van der Waals surface area contributed by atoms with Gasteiger partial charge in [0.2, 0.25) is 0 Å². The molecule has 124 valence electrons. The van der Waals surface area contributed by atoms with Crippen molar-refractivity contribution in [3.63, 3.8) is 0 Å². The maximum atomic E-state index is 12.7. The molecule has 24 heavy (non-hydrogen) atoms. The van der Waals surface area contributed by atoms with Crippen LogP contribution in [0.1, 0.15) is 28.4 Å². The predicted molar refractivity (Wildman–Crippen MR) is 90.5 cm³/mol. The van der Waals surface area contributed by atoms with Crippen LogP contribution in [-0.4, -0.2) is 11.0 Å². The highest BCUT2D eigenvalue weighted by atomic mass is 35.5. The van der Waals surface area contributed by atoms with Crippen LogP contribution in [0.3, 0.4) is 0 Å². The van der Waals surface area contributed by atoms with E-state index in [9.17, 15) is 18.0 Å². The molecule has 6 heteroatoms. The maximum absolute atomic E-state index is 12.7. The van der Waals surface area contributed by atoms with Gasteiger partial charge in [0.15, 0.2) is 5.78 Å². The number of carbonyl (C=O) groups is 1. The van der Waals surface area contributed by atoms with E-state index in [4.69, 9.17) is 11.6 Å². The lowest BCUT2D eigenvalue weighted by Gasteiger charge is -2.23. The molecule has 0 aliphatic carbocycles. The third kappa shape index (κ3) is 3.37. The Morgan fingerprint density at radius 3 is 2.42 bits per heavy atom. The molecule has 0 aromatic heterocycles. The SMILES string of the molecule is C[C@@H]1Sc2ccc(Cl)cc2C(=O)C1=Cc1ccc(C(F)(F)F)cc1. The zero-order valence-electron chi connectivity index (χ0n) is 12.5. The first kappa shape index (κ1) is 17.1. The van der Waals surface area contributed by atoms with Crippen LogP contribution in [0.15, 0.2) is 52.9 Å². The van der Waals surface area contributed by atoms with Crippen molar-refractivity contribution in [1.29, 1.82) is 0 Å². The summed E-state index contributed by atoms with van der Waals surface area (Å²) in [5.41, 5.74) is 0.932. The summed E-state index contributed by atoms with van der Waals surface area (Å²) in [5.74, 6) is -0.140. The number of rotatable bonds is 1. The summed E-state index contributed by atoms with van der Waals surface area (Å²) in [4.78, 5) is 13.6. The smallest absolute Gasteiger partial charge is 0.289 e. The van der Waals surface area contributed by atoms with Gasteiger partial charge < -0.3 is 0 Å². The fourth-order valence-electron chi connectivity index (χ4n) is 2.51. The predicted octanol–water partition coefficient (Wildman–Crippen LogP) is 6.12. The highest BCUT2D eigenvalue weighted by Crippen LogP contribution is 2.40. The number of halogens is 4. The van der Waals surface area contributed by atoms with E-state index in [1.807, 2.05) is 13.0 Å². The number of hydrogen-bond acceptors (Lipinski definition) is 2. The average Bonchev–Trinajstić information content (AvgIpc) is 2.52. The minimum Gasteiger partial charge on any atom is -0.289 e. The van der Waals surface area contributed by atoms with Crippen LogP contribution in [0, 0.1) is 0 Å². The molecule has 2 aromatic rings. The molecule has 0 fully saturated rings. The summed E-state index contributed by atoms with van der Waals surface area (Å²) in [6.45, 7) is 1.90. The number of Topliss-reactive ketones (excluding diaryl/α,β-unsaturated/α-hetero) is 1. The summed E-state index contributed by atoms with van der Waals surface area (Å²) >= 11 is 7.49. The van der Waals surface area contributed by atoms with E-state index in [1.54, 1.807) is 18.2 Å². The largest absolute Gasteiger partial charge is 0.416 e. The summed E-state index contributed by atoms with van der Waals surface area (Å²) < 4.78 is 37.9. The van der Waals surface area contributed by atoms with Crippen molar-refractivity contribution in [2.45, 2.75) is 23.2 Å². The van der Waals surface area contributed by atoms with Crippen LogP contribution in [0.5, 0.6) is 0 Å². The van der Waals surface area contributed by atoms with Gasteiger partial charge in [0.1, 0.15) is 0 Å². The number of ketones is 1. The molecule has 0 saturated heterocycles. The molecule has 3 rings (SSSR count). The highest BCUT2D eigenvalue weighted by Gasteiger charge is 2.30. The molecule has 0 spiro atoms. The zero-order valence-corrected chi connectivity index (χ0v) is 14.1. The number of alkyl halides is 3. The lowest BCUT2D eigenvalue weighted by atomic mass is 9.97. The van der Waals surface area contributed by atoms with E-state index < -0.39 is 11.7 Å². The lowest BCUT2D eigenvalue weighted by molar-refractivity contribution is -0.137. The zero-order chi connectivity index (χ0) is 17.5. The van der Waals surface area contributed by atoms with Crippen LogP contribution in [0.25, 0.3) is 6.08 Å².